The van der Waals surface area contributed by atoms with Crippen LogP contribution in [0.1, 0.15) is 24.5 Å². The van der Waals surface area contributed by atoms with Gasteiger partial charge in [-0.25, -0.2) is 0 Å². The van der Waals surface area contributed by atoms with Crippen LogP contribution in [0.4, 0.5) is 0 Å². The van der Waals surface area contributed by atoms with E-state index in [4.69, 9.17) is 5.26 Å². The molecule has 0 aliphatic carbocycles. The third kappa shape index (κ3) is 1.95. The maximum Gasteiger partial charge on any atom is 0.250 e. The van der Waals surface area contributed by atoms with Crippen LogP contribution >= 0.6 is 0 Å². The molecule has 94 valence electrons. The molecule has 0 spiro atoms. The first kappa shape index (κ1) is 11.5. The van der Waals surface area contributed by atoms with E-state index in [1.807, 2.05) is 10.6 Å². The number of hydrogen-bond donors (Lipinski definition) is 0. The Bertz CT molecular complexity index is 543. The minimum atomic E-state index is 0.132. The Hall–Kier alpha value is -1.60. The summed E-state index contributed by atoms with van der Waals surface area (Å²) in [5, 5.41) is 8.67. The van der Waals surface area contributed by atoms with Crippen LogP contribution in [0.3, 0.4) is 0 Å². The zero-order valence-electron chi connectivity index (χ0n) is 10.4. The summed E-state index contributed by atoms with van der Waals surface area (Å²) in [6, 6.07) is 7.81. The number of likely N-dealkylation sites (tertiary alicyclic amines) is 1. The topological polar surface area (TPSA) is 49.0 Å². The molecule has 3 heterocycles. The highest BCUT2D eigenvalue weighted by Crippen LogP contribution is 2.34. The normalized spacial score (nSPS) is 26.4. The minimum Gasteiger partial charge on any atom is -0.312 e. The van der Waals surface area contributed by atoms with Gasteiger partial charge in [-0.1, -0.05) is 6.07 Å². The van der Waals surface area contributed by atoms with E-state index in [0.29, 0.717) is 18.3 Å². The lowest BCUT2D eigenvalue weighted by molar-refractivity contribution is 0.122. The highest BCUT2D eigenvalue weighted by atomic mass is 16.1. The molecule has 0 unspecified atom stereocenters. The SMILES string of the molecule is N#CCCN1C[C@@H]2C[C@H](C1)c1cccc(=O)n1C2. The fraction of sp³-hybridized carbons (Fsp3) is 0.571. The zero-order valence-corrected chi connectivity index (χ0v) is 10.4. The first-order chi connectivity index (χ1) is 8.78. The van der Waals surface area contributed by atoms with Gasteiger partial charge in [-0.15, -0.1) is 0 Å². The number of rotatable bonds is 2. The Morgan fingerprint density at radius 3 is 3.06 bits per heavy atom. The van der Waals surface area contributed by atoms with Crippen molar-refractivity contribution >= 4 is 0 Å². The van der Waals surface area contributed by atoms with Crippen molar-refractivity contribution in [3.8, 4) is 6.07 Å². The van der Waals surface area contributed by atoms with Crippen molar-refractivity contribution in [2.75, 3.05) is 19.6 Å². The summed E-state index contributed by atoms with van der Waals surface area (Å²) in [6.45, 7) is 3.72. The van der Waals surface area contributed by atoms with Crippen molar-refractivity contribution in [3.05, 3.63) is 34.2 Å². The fourth-order valence-electron chi connectivity index (χ4n) is 3.39. The van der Waals surface area contributed by atoms with E-state index in [1.165, 1.54) is 12.1 Å². The van der Waals surface area contributed by atoms with Gasteiger partial charge in [0.1, 0.15) is 0 Å². The Labute approximate surface area is 106 Å². The maximum atomic E-state index is 11.9. The Kier molecular flexibility index (Phi) is 2.92. The quantitative estimate of drug-likeness (QED) is 0.783. The molecule has 1 aromatic heterocycles. The van der Waals surface area contributed by atoms with Crippen molar-refractivity contribution in [2.45, 2.75) is 25.3 Å². The minimum absolute atomic E-state index is 0.132. The van der Waals surface area contributed by atoms with Crippen LogP contribution in [0.25, 0.3) is 0 Å². The molecule has 1 aromatic rings. The second-order valence-corrected chi connectivity index (χ2v) is 5.37. The second kappa shape index (κ2) is 4.58. The third-order valence-corrected chi connectivity index (χ3v) is 4.10. The third-order valence-electron chi connectivity index (χ3n) is 4.10. The van der Waals surface area contributed by atoms with Crippen molar-refractivity contribution < 1.29 is 0 Å². The van der Waals surface area contributed by atoms with Crippen LogP contribution in [0.5, 0.6) is 0 Å². The predicted molar refractivity (Wildman–Crippen MR) is 68.2 cm³/mol. The number of fused-ring (bicyclic) bond motifs is 4. The molecule has 4 nitrogen and oxygen atoms in total. The molecule has 2 aliphatic heterocycles. The molecule has 18 heavy (non-hydrogen) atoms. The molecule has 2 aliphatic rings. The number of nitriles is 1. The lowest BCUT2D eigenvalue weighted by atomic mass is 9.83. The highest BCUT2D eigenvalue weighted by Gasteiger charge is 2.33. The highest BCUT2D eigenvalue weighted by molar-refractivity contribution is 5.16. The number of nitrogens with zero attached hydrogens (tertiary/aromatic N) is 3. The monoisotopic (exact) mass is 243 g/mol. The van der Waals surface area contributed by atoms with Gasteiger partial charge in [0.25, 0.3) is 5.56 Å². The summed E-state index contributed by atoms with van der Waals surface area (Å²) in [5.74, 6) is 1.03. The molecular weight excluding hydrogens is 226 g/mol. The molecule has 0 amide bonds. The predicted octanol–water partition coefficient (Wildman–Crippen LogP) is 1.18. The number of hydrogen-bond acceptors (Lipinski definition) is 3. The smallest absolute Gasteiger partial charge is 0.250 e. The van der Waals surface area contributed by atoms with E-state index in [1.54, 1.807) is 6.07 Å². The van der Waals surface area contributed by atoms with Gasteiger partial charge in [0, 0.05) is 50.3 Å². The number of piperidine rings is 1. The summed E-state index contributed by atoms with van der Waals surface area (Å²) in [5.41, 5.74) is 1.31. The van der Waals surface area contributed by atoms with Gasteiger partial charge >= 0.3 is 0 Å². The van der Waals surface area contributed by atoms with Crippen LogP contribution < -0.4 is 5.56 Å². The van der Waals surface area contributed by atoms with Crippen LogP contribution in [0.2, 0.25) is 0 Å². The summed E-state index contributed by atoms with van der Waals surface area (Å²) in [6.07, 6.45) is 1.79. The summed E-state index contributed by atoms with van der Waals surface area (Å²) < 4.78 is 1.94. The molecule has 2 atom stereocenters. The van der Waals surface area contributed by atoms with Crippen LogP contribution in [0, 0.1) is 17.2 Å². The molecule has 1 fully saturated rings. The van der Waals surface area contributed by atoms with E-state index in [2.05, 4.69) is 17.0 Å². The second-order valence-electron chi connectivity index (χ2n) is 5.37. The van der Waals surface area contributed by atoms with Gasteiger partial charge < -0.3 is 9.47 Å². The number of pyridine rings is 1. The molecular formula is C14H17N3O. The van der Waals surface area contributed by atoms with Crippen molar-refractivity contribution in [1.29, 1.82) is 5.26 Å². The van der Waals surface area contributed by atoms with Crippen molar-refractivity contribution in [3.63, 3.8) is 0 Å². The fourth-order valence-corrected chi connectivity index (χ4v) is 3.39. The molecule has 4 heteroatoms. The van der Waals surface area contributed by atoms with E-state index in [9.17, 15) is 4.79 Å². The Balaban J connectivity index is 1.86. The molecule has 0 radical (unpaired) electrons. The van der Waals surface area contributed by atoms with Crippen molar-refractivity contribution in [2.24, 2.45) is 5.92 Å². The largest absolute Gasteiger partial charge is 0.312 e. The van der Waals surface area contributed by atoms with Gasteiger partial charge in [0.05, 0.1) is 6.07 Å². The van der Waals surface area contributed by atoms with E-state index in [-0.39, 0.29) is 5.56 Å². The average Bonchev–Trinajstić information content (AvgIpc) is 2.38. The van der Waals surface area contributed by atoms with Crippen molar-refractivity contribution in [1.82, 2.24) is 9.47 Å². The van der Waals surface area contributed by atoms with Gasteiger partial charge in [-0.2, -0.15) is 5.26 Å². The van der Waals surface area contributed by atoms with Crippen LogP contribution in [0.15, 0.2) is 23.0 Å². The van der Waals surface area contributed by atoms with E-state index < -0.39 is 0 Å². The standard InChI is InChI=1S/C14H17N3O/c15-5-2-6-16-8-11-7-12(10-16)13-3-1-4-14(18)17(13)9-11/h1,3-4,11-12H,2,6-10H2/t11-,12+/m0/s1. The Morgan fingerprint density at radius 1 is 1.33 bits per heavy atom. The summed E-state index contributed by atoms with van der Waals surface area (Å²) in [4.78, 5) is 14.2. The average molecular weight is 243 g/mol. The van der Waals surface area contributed by atoms with Gasteiger partial charge in [0.15, 0.2) is 0 Å². The van der Waals surface area contributed by atoms with Gasteiger partial charge in [-0.05, 0) is 18.4 Å². The molecule has 1 saturated heterocycles. The van der Waals surface area contributed by atoms with E-state index in [0.717, 1.165) is 26.2 Å². The molecule has 0 aromatic carbocycles. The summed E-state index contributed by atoms with van der Waals surface area (Å²) in [7, 11) is 0. The maximum absolute atomic E-state index is 11.9. The first-order valence-corrected chi connectivity index (χ1v) is 6.57. The lowest BCUT2D eigenvalue weighted by Crippen LogP contribution is -2.47. The molecule has 0 saturated carbocycles. The molecule has 2 bridgehead atoms. The number of aromatic nitrogens is 1. The lowest BCUT2D eigenvalue weighted by Gasteiger charge is -2.42. The molecule has 3 rings (SSSR count). The van der Waals surface area contributed by atoms with Crippen LogP contribution in [-0.2, 0) is 6.54 Å². The molecule has 0 N–H and O–H groups in total. The summed E-state index contributed by atoms with van der Waals surface area (Å²) >= 11 is 0. The zero-order chi connectivity index (χ0) is 12.5. The van der Waals surface area contributed by atoms with Crippen LogP contribution in [-0.4, -0.2) is 29.1 Å². The van der Waals surface area contributed by atoms with E-state index >= 15 is 0 Å². The first-order valence-electron chi connectivity index (χ1n) is 6.57. The van der Waals surface area contributed by atoms with Gasteiger partial charge in [0.2, 0.25) is 0 Å². The Morgan fingerprint density at radius 2 is 2.22 bits per heavy atom. The van der Waals surface area contributed by atoms with Gasteiger partial charge in [-0.3, -0.25) is 4.79 Å².